The van der Waals surface area contributed by atoms with Crippen LogP contribution in [0.3, 0.4) is 0 Å². The molecule has 8 heteroatoms. The Hall–Kier alpha value is -1.37. The predicted octanol–water partition coefficient (Wildman–Crippen LogP) is 2.89. The Bertz CT molecular complexity index is 608. The van der Waals surface area contributed by atoms with Crippen LogP contribution in [0.15, 0.2) is 18.2 Å². The molecule has 2 aliphatic rings. The molecule has 0 bridgehead atoms. The van der Waals surface area contributed by atoms with Gasteiger partial charge in [0, 0.05) is 19.6 Å². The molecule has 2 saturated heterocycles. The van der Waals surface area contributed by atoms with Crippen molar-refractivity contribution in [3.05, 3.63) is 38.9 Å². The lowest BCUT2D eigenvalue weighted by atomic mass is 9.78. The molecule has 126 valence electrons. The van der Waals surface area contributed by atoms with Gasteiger partial charge in [0.25, 0.3) is 5.91 Å². The SMILES string of the molecule is Cl.O=C(c1cccc(Cl)c1[N+](=O)[O-])N1CCC2(CCNC2)CC1. The van der Waals surface area contributed by atoms with Crippen molar-refractivity contribution < 1.29 is 9.72 Å². The first-order valence-electron chi connectivity index (χ1n) is 7.45. The Balaban J connectivity index is 0.00000192. The van der Waals surface area contributed by atoms with Crippen molar-refractivity contribution in [3.63, 3.8) is 0 Å². The standard InChI is InChI=1S/C15H18ClN3O3.ClH/c16-12-3-1-2-11(13(12)19(21)22)14(20)18-8-5-15(6-9-18)4-7-17-10-15;/h1-3,17H,4-10H2;1H. The fraction of sp³-hybridized carbons (Fsp3) is 0.533. The monoisotopic (exact) mass is 359 g/mol. The van der Waals surface area contributed by atoms with Gasteiger partial charge < -0.3 is 10.2 Å². The van der Waals surface area contributed by atoms with Crippen LogP contribution in [0.2, 0.25) is 5.02 Å². The molecule has 1 aromatic carbocycles. The van der Waals surface area contributed by atoms with Gasteiger partial charge in [0.05, 0.1) is 4.92 Å². The summed E-state index contributed by atoms with van der Waals surface area (Å²) >= 11 is 5.89. The van der Waals surface area contributed by atoms with E-state index in [0.29, 0.717) is 18.5 Å². The third-order valence-electron chi connectivity index (χ3n) is 4.84. The lowest BCUT2D eigenvalue weighted by molar-refractivity contribution is -0.385. The van der Waals surface area contributed by atoms with Crippen LogP contribution in [-0.4, -0.2) is 41.9 Å². The van der Waals surface area contributed by atoms with Gasteiger partial charge in [-0.15, -0.1) is 12.4 Å². The molecule has 2 fully saturated rings. The Kier molecular flexibility index (Phi) is 5.49. The van der Waals surface area contributed by atoms with Crippen molar-refractivity contribution in [2.24, 2.45) is 5.41 Å². The zero-order valence-electron chi connectivity index (χ0n) is 12.6. The fourth-order valence-electron chi connectivity index (χ4n) is 3.45. The summed E-state index contributed by atoms with van der Waals surface area (Å²) in [7, 11) is 0. The third kappa shape index (κ3) is 3.44. The number of benzene rings is 1. The van der Waals surface area contributed by atoms with E-state index in [-0.39, 0.29) is 34.6 Å². The number of para-hydroxylation sites is 1. The Labute approximate surface area is 145 Å². The Morgan fingerprint density at radius 3 is 2.57 bits per heavy atom. The number of nitro groups is 1. The summed E-state index contributed by atoms with van der Waals surface area (Å²) in [4.78, 5) is 24.9. The molecule has 0 saturated carbocycles. The molecule has 2 aliphatic heterocycles. The molecule has 0 unspecified atom stereocenters. The second-order valence-corrected chi connectivity index (χ2v) is 6.52. The molecule has 1 aromatic rings. The molecule has 2 heterocycles. The maximum absolute atomic E-state index is 12.6. The van der Waals surface area contributed by atoms with Gasteiger partial charge in [-0.05, 0) is 43.4 Å². The summed E-state index contributed by atoms with van der Waals surface area (Å²) in [6.07, 6.45) is 3.03. The maximum Gasteiger partial charge on any atom is 0.300 e. The molecule has 3 rings (SSSR count). The number of carbonyl (C=O) groups is 1. The number of piperidine rings is 1. The van der Waals surface area contributed by atoms with Crippen molar-refractivity contribution in [1.82, 2.24) is 10.2 Å². The van der Waals surface area contributed by atoms with Gasteiger partial charge in [-0.1, -0.05) is 17.7 Å². The number of rotatable bonds is 2. The van der Waals surface area contributed by atoms with Crippen LogP contribution in [0, 0.1) is 15.5 Å². The van der Waals surface area contributed by atoms with E-state index < -0.39 is 4.92 Å². The maximum atomic E-state index is 12.6. The summed E-state index contributed by atoms with van der Waals surface area (Å²) in [6, 6.07) is 4.49. The first-order valence-corrected chi connectivity index (χ1v) is 7.83. The molecular weight excluding hydrogens is 341 g/mol. The number of hydrogen-bond donors (Lipinski definition) is 1. The van der Waals surface area contributed by atoms with E-state index >= 15 is 0 Å². The van der Waals surface area contributed by atoms with Crippen LogP contribution in [0.1, 0.15) is 29.6 Å². The van der Waals surface area contributed by atoms with Crippen molar-refractivity contribution in [2.45, 2.75) is 19.3 Å². The summed E-state index contributed by atoms with van der Waals surface area (Å²) < 4.78 is 0. The van der Waals surface area contributed by atoms with Crippen LogP contribution in [0.4, 0.5) is 5.69 Å². The van der Waals surface area contributed by atoms with E-state index in [1.54, 1.807) is 11.0 Å². The van der Waals surface area contributed by atoms with Crippen LogP contribution < -0.4 is 5.32 Å². The number of nitrogens with one attached hydrogen (secondary N) is 1. The highest BCUT2D eigenvalue weighted by molar-refractivity contribution is 6.33. The lowest BCUT2D eigenvalue weighted by Gasteiger charge is -2.38. The lowest BCUT2D eigenvalue weighted by Crippen LogP contribution is -2.44. The number of amides is 1. The number of carbonyl (C=O) groups excluding carboxylic acids is 1. The van der Waals surface area contributed by atoms with Gasteiger partial charge in [-0.25, -0.2) is 0 Å². The second-order valence-electron chi connectivity index (χ2n) is 6.11. The van der Waals surface area contributed by atoms with E-state index in [1.807, 2.05) is 0 Å². The average molecular weight is 360 g/mol. The van der Waals surface area contributed by atoms with Crippen LogP contribution in [0.25, 0.3) is 0 Å². The largest absolute Gasteiger partial charge is 0.338 e. The first-order chi connectivity index (χ1) is 10.5. The highest BCUT2D eigenvalue weighted by Crippen LogP contribution is 2.38. The van der Waals surface area contributed by atoms with E-state index in [0.717, 1.165) is 32.4 Å². The second kappa shape index (κ2) is 7.03. The number of nitro benzene ring substituents is 1. The normalized spacial score (nSPS) is 19.4. The minimum atomic E-state index is -0.581. The average Bonchev–Trinajstić information content (AvgIpc) is 2.95. The molecule has 0 radical (unpaired) electrons. The van der Waals surface area contributed by atoms with E-state index in [9.17, 15) is 14.9 Å². The number of nitrogens with zero attached hydrogens (tertiary/aromatic N) is 2. The van der Waals surface area contributed by atoms with Crippen LogP contribution in [-0.2, 0) is 0 Å². The van der Waals surface area contributed by atoms with Crippen LogP contribution in [0.5, 0.6) is 0 Å². The number of hydrogen-bond acceptors (Lipinski definition) is 4. The molecule has 0 atom stereocenters. The third-order valence-corrected chi connectivity index (χ3v) is 5.15. The van der Waals surface area contributed by atoms with Crippen molar-refractivity contribution in [1.29, 1.82) is 0 Å². The molecule has 1 spiro atoms. The number of halogens is 2. The molecule has 1 N–H and O–H groups in total. The molecule has 0 aliphatic carbocycles. The highest BCUT2D eigenvalue weighted by atomic mass is 35.5. The van der Waals surface area contributed by atoms with Gasteiger partial charge in [0.1, 0.15) is 10.6 Å². The zero-order chi connectivity index (χ0) is 15.7. The smallest absolute Gasteiger partial charge is 0.300 e. The Morgan fingerprint density at radius 1 is 1.30 bits per heavy atom. The highest BCUT2D eigenvalue weighted by Gasteiger charge is 2.39. The Morgan fingerprint density at radius 2 is 2.00 bits per heavy atom. The zero-order valence-corrected chi connectivity index (χ0v) is 14.2. The van der Waals surface area contributed by atoms with E-state index in [4.69, 9.17) is 11.6 Å². The van der Waals surface area contributed by atoms with Gasteiger partial charge >= 0.3 is 5.69 Å². The van der Waals surface area contributed by atoms with E-state index in [1.165, 1.54) is 12.1 Å². The first kappa shape index (κ1) is 18.0. The van der Waals surface area contributed by atoms with Gasteiger partial charge in [-0.3, -0.25) is 14.9 Å². The van der Waals surface area contributed by atoms with Crippen molar-refractivity contribution in [3.8, 4) is 0 Å². The molecule has 0 aromatic heterocycles. The summed E-state index contributed by atoms with van der Waals surface area (Å²) in [5.74, 6) is -0.296. The summed E-state index contributed by atoms with van der Waals surface area (Å²) in [5, 5.41) is 14.6. The summed E-state index contributed by atoms with van der Waals surface area (Å²) in [6.45, 7) is 3.33. The minimum Gasteiger partial charge on any atom is -0.338 e. The number of likely N-dealkylation sites (tertiary alicyclic amines) is 1. The predicted molar refractivity (Wildman–Crippen MR) is 90.4 cm³/mol. The van der Waals surface area contributed by atoms with E-state index in [2.05, 4.69) is 5.32 Å². The molecule has 23 heavy (non-hydrogen) atoms. The molecule has 6 nitrogen and oxygen atoms in total. The molecule has 1 amide bonds. The topological polar surface area (TPSA) is 75.5 Å². The molecular formula is C15H19Cl2N3O3. The summed E-state index contributed by atoms with van der Waals surface area (Å²) in [5.41, 5.74) is 0.0896. The van der Waals surface area contributed by atoms with Crippen LogP contribution >= 0.6 is 24.0 Å². The van der Waals surface area contributed by atoms with Gasteiger partial charge in [0.2, 0.25) is 0 Å². The van der Waals surface area contributed by atoms with Crippen molar-refractivity contribution in [2.75, 3.05) is 26.2 Å². The quantitative estimate of drug-likeness (QED) is 0.650. The minimum absolute atomic E-state index is 0. The van der Waals surface area contributed by atoms with Gasteiger partial charge in [-0.2, -0.15) is 0 Å². The van der Waals surface area contributed by atoms with Gasteiger partial charge in [0.15, 0.2) is 0 Å². The van der Waals surface area contributed by atoms with Crippen molar-refractivity contribution >= 4 is 35.6 Å². The fourth-order valence-corrected chi connectivity index (χ4v) is 3.69.